The number of hydrogen-bond acceptors (Lipinski definition) is 1. The minimum Gasteiger partial charge on any atom is -0.256 e. The average Bonchev–Trinajstić information content (AvgIpc) is 3.42. The molecule has 0 N–H and O–H groups in total. The third kappa shape index (κ3) is 4.59. The molecule has 1 aliphatic rings. The zero-order valence-corrected chi connectivity index (χ0v) is 28.7. The monoisotopic (exact) mass is 649 g/mol. The topological polar surface area (TPSA) is 12.9 Å². The summed E-state index contributed by atoms with van der Waals surface area (Å²) in [5, 5.41) is 6.03. The molecule has 1 nitrogen and oxygen atoms in total. The summed E-state index contributed by atoms with van der Waals surface area (Å²) < 4.78 is 0. The molecule has 0 amide bonds. The van der Waals surface area contributed by atoms with Crippen LogP contribution >= 0.6 is 0 Å². The van der Waals surface area contributed by atoms with Gasteiger partial charge in [0.05, 0.1) is 5.52 Å². The van der Waals surface area contributed by atoms with Crippen LogP contribution in [0.15, 0.2) is 176 Å². The molecule has 1 heteroatoms. The van der Waals surface area contributed by atoms with Gasteiger partial charge in [0.2, 0.25) is 0 Å². The van der Waals surface area contributed by atoms with E-state index in [1.54, 1.807) is 0 Å². The Bertz CT molecular complexity index is 2790. The summed E-state index contributed by atoms with van der Waals surface area (Å²) in [5.74, 6) is 0. The van der Waals surface area contributed by atoms with Gasteiger partial charge in [-0.3, -0.25) is 4.98 Å². The van der Waals surface area contributed by atoms with E-state index < -0.39 is 0 Å². The highest BCUT2D eigenvalue weighted by atomic mass is 14.6. The van der Waals surface area contributed by atoms with Crippen LogP contribution in [0.1, 0.15) is 25.0 Å². The van der Waals surface area contributed by atoms with Crippen LogP contribution < -0.4 is 0 Å². The lowest BCUT2D eigenvalue weighted by Gasteiger charge is -2.22. The van der Waals surface area contributed by atoms with Crippen molar-refractivity contribution < 1.29 is 0 Å². The van der Waals surface area contributed by atoms with E-state index in [0.717, 1.165) is 10.9 Å². The Morgan fingerprint density at radius 3 is 1.73 bits per heavy atom. The molecule has 0 saturated carbocycles. The average molecular weight is 650 g/mol. The molecular formula is C50H35N. The van der Waals surface area contributed by atoms with Gasteiger partial charge < -0.3 is 0 Å². The Morgan fingerprint density at radius 1 is 0.392 bits per heavy atom. The predicted molar refractivity (Wildman–Crippen MR) is 216 cm³/mol. The van der Waals surface area contributed by atoms with Gasteiger partial charge in [0, 0.05) is 22.4 Å². The van der Waals surface area contributed by atoms with Gasteiger partial charge in [-0.2, -0.15) is 0 Å². The molecule has 1 aromatic heterocycles. The third-order valence-corrected chi connectivity index (χ3v) is 11.1. The van der Waals surface area contributed by atoms with E-state index in [1.165, 1.54) is 88.3 Å². The molecule has 0 spiro atoms. The van der Waals surface area contributed by atoms with Gasteiger partial charge in [0.1, 0.15) is 0 Å². The largest absolute Gasteiger partial charge is 0.256 e. The summed E-state index contributed by atoms with van der Waals surface area (Å²) in [4.78, 5) is 4.97. The molecule has 0 bridgehead atoms. The second-order valence-electron chi connectivity index (χ2n) is 14.3. The van der Waals surface area contributed by atoms with Gasteiger partial charge in [-0.1, -0.05) is 166 Å². The van der Waals surface area contributed by atoms with Crippen LogP contribution in [0.25, 0.3) is 88.1 Å². The summed E-state index contributed by atoms with van der Waals surface area (Å²) in [6, 6.07) is 62.3. The first kappa shape index (κ1) is 29.6. The van der Waals surface area contributed by atoms with Crippen LogP contribution in [0.2, 0.25) is 0 Å². The molecule has 0 aliphatic heterocycles. The van der Waals surface area contributed by atoms with Crippen molar-refractivity contribution in [3.05, 3.63) is 187 Å². The zero-order chi connectivity index (χ0) is 34.1. The minimum atomic E-state index is -0.0193. The van der Waals surface area contributed by atoms with Crippen LogP contribution in [0, 0.1) is 0 Å². The van der Waals surface area contributed by atoms with E-state index in [4.69, 9.17) is 4.98 Å². The highest BCUT2D eigenvalue weighted by molar-refractivity contribution is 6.27. The van der Waals surface area contributed by atoms with Crippen LogP contribution in [-0.2, 0) is 5.41 Å². The van der Waals surface area contributed by atoms with Crippen molar-refractivity contribution in [2.24, 2.45) is 0 Å². The van der Waals surface area contributed by atoms with Crippen LogP contribution in [0.5, 0.6) is 0 Å². The number of pyridine rings is 1. The standard InChI is InChI=1S/C50H35N/c1-50(2)44-18-10-9-17-39(44)40-26-24-38(31-45(40)50)33-21-19-32(20-22-33)37-25-27-41-43(30-37)46(34-12-5-3-6-13-34)42-28-23-36-16-11-29-51-49(36)48(42)47(41)35-14-7-4-8-15-35/h3-31H,1-2H3. The van der Waals surface area contributed by atoms with E-state index in [2.05, 4.69) is 178 Å². The van der Waals surface area contributed by atoms with E-state index in [9.17, 15) is 0 Å². The molecule has 0 fully saturated rings. The molecule has 1 heterocycles. The number of hydrogen-bond donors (Lipinski definition) is 0. The van der Waals surface area contributed by atoms with E-state index in [1.807, 2.05) is 12.3 Å². The van der Waals surface area contributed by atoms with Crippen molar-refractivity contribution in [3.63, 3.8) is 0 Å². The first-order valence-electron chi connectivity index (χ1n) is 17.8. The molecule has 9 aromatic rings. The summed E-state index contributed by atoms with van der Waals surface area (Å²) >= 11 is 0. The van der Waals surface area contributed by atoms with Gasteiger partial charge in [-0.15, -0.1) is 0 Å². The summed E-state index contributed by atoms with van der Waals surface area (Å²) in [6.45, 7) is 4.69. The lowest BCUT2D eigenvalue weighted by Crippen LogP contribution is -2.14. The second-order valence-corrected chi connectivity index (χ2v) is 14.3. The quantitative estimate of drug-likeness (QED) is 0.137. The molecule has 8 aromatic carbocycles. The van der Waals surface area contributed by atoms with Crippen molar-refractivity contribution in [1.29, 1.82) is 0 Å². The SMILES string of the molecule is CC1(C)c2ccccc2-c2ccc(-c3ccc(-c4ccc5c(-c6ccccc6)c6c(ccc7cccnc76)c(-c6ccccc6)c5c4)cc3)cc21. The Kier molecular flexibility index (Phi) is 6.60. The zero-order valence-electron chi connectivity index (χ0n) is 28.7. The molecular weight excluding hydrogens is 615 g/mol. The van der Waals surface area contributed by atoms with Crippen LogP contribution in [0.4, 0.5) is 0 Å². The maximum Gasteiger partial charge on any atom is 0.0786 e. The highest BCUT2D eigenvalue weighted by Crippen LogP contribution is 2.50. The van der Waals surface area contributed by atoms with Crippen LogP contribution in [-0.4, -0.2) is 4.98 Å². The Morgan fingerprint density at radius 2 is 0.980 bits per heavy atom. The minimum absolute atomic E-state index is 0.0193. The molecule has 51 heavy (non-hydrogen) atoms. The first-order valence-corrected chi connectivity index (χ1v) is 17.8. The molecule has 0 saturated heterocycles. The van der Waals surface area contributed by atoms with Gasteiger partial charge in [-0.05, 0) is 101 Å². The Balaban J connectivity index is 1.15. The molecule has 240 valence electrons. The first-order chi connectivity index (χ1) is 25.1. The van der Waals surface area contributed by atoms with Crippen molar-refractivity contribution in [2.75, 3.05) is 0 Å². The second kappa shape index (κ2) is 11.4. The number of fused-ring (bicyclic) bond motifs is 7. The summed E-state index contributed by atoms with van der Waals surface area (Å²) in [5.41, 5.74) is 16.3. The maximum absolute atomic E-state index is 4.97. The lowest BCUT2D eigenvalue weighted by atomic mass is 9.81. The van der Waals surface area contributed by atoms with Gasteiger partial charge in [-0.25, -0.2) is 0 Å². The lowest BCUT2D eigenvalue weighted by molar-refractivity contribution is 0.660. The van der Waals surface area contributed by atoms with Crippen LogP contribution in [0.3, 0.4) is 0 Å². The third-order valence-electron chi connectivity index (χ3n) is 11.1. The van der Waals surface area contributed by atoms with Gasteiger partial charge in [0.15, 0.2) is 0 Å². The van der Waals surface area contributed by atoms with Gasteiger partial charge in [0.25, 0.3) is 0 Å². The Hall–Kier alpha value is -6.31. The summed E-state index contributed by atoms with van der Waals surface area (Å²) in [6.07, 6.45) is 1.91. The van der Waals surface area contributed by atoms with Crippen molar-refractivity contribution in [2.45, 2.75) is 19.3 Å². The van der Waals surface area contributed by atoms with Gasteiger partial charge >= 0.3 is 0 Å². The smallest absolute Gasteiger partial charge is 0.0786 e. The molecule has 1 aliphatic carbocycles. The number of rotatable bonds is 4. The predicted octanol–water partition coefficient (Wildman–Crippen LogP) is 13.5. The summed E-state index contributed by atoms with van der Waals surface area (Å²) in [7, 11) is 0. The number of nitrogens with zero attached hydrogens (tertiary/aromatic N) is 1. The maximum atomic E-state index is 4.97. The molecule has 10 rings (SSSR count). The van der Waals surface area contributed by atoms with E-state index >= 15 is 0 Å². The fourth-order valence-corrected chi connectivity index (χ4v) is 8.59. The molecule has 0 atom stereocenters. The normalized spacial score (nSPS) is 13.1. The van der Waals surface area contributed by atoms with Crippen molar-refractivity contribution in [1.82, 2.24) is 4.98 Å². The van der Waals surface area contributed by atoms with Crippen molar-refractivity contribution >= 4 is 32.4 Å². The fraction of sp³-hybridized carbons (Fsp3) is 0.0600. The van der Waals surface area contributed by atoms with E-state index in [0.29, 0.717) is 0 Å². The van der Waals surface area contributed by atoms with E-state index in [-0.39, 0.29) is 5.41 Å². The number of aromatic nitrogens is 1. The number of benzene rings is 8. The molecule has 0 unspecified atom stereocenters. The van der Waals surface area contributed by atoms with Crippen molar-refractivity contribution in [3.8, 4) is 55.6 Å². The highest BCUT2D eigenvalue weighted by Gasteiger charge is 2.35. The fourth-order valence-electron chi connectivity index (χ4n) is 8.59. The Labute approximate surface area is 298 Å². The molecule has 0 radical (unpaired) electrons.